The van der Waals surface area contributed by atoms with E-state index in [9.17, 15) is 4.79 Å². The van der Waals surface area contributed by atoms with Gasteiger partial charge in [-0.05, 0) is 56.5 Å². The van der Waals surface area contributed by atoms with E-state index in [1.807, 2.05) is 25.1 Å². The summed E-state index contributed by atoms with van der Waals surface area (Å²) in [7, 11) is 0. The van der Waals surface area contributed by atoms with E-state index >= 15 is 0 Å². The highest BCUT2D eigenvalue weighted by molar-refractivity contribution is 6.03. The number of ether oxygens (including phenoxy) is 1. The van der Waals surface area contributed by atoms with E-state index in [2.05, 4.69) is 10.6 Å². The van der Waals surface area contributed by atoms with E-state index in [0.29, 0.717) is 12.6 Å². The van der Waals surface area contributed by atoms with Gasteiger partial charge in [0.05, 0.1) is 12.5 Å². The van der Waals surface area contributed by atoms with Gasteiger partial charge in [0.25, 0.3) is 0 Å². The minimum atomic E-state index is -0.0361. The molecule has 0 saturated carbocycles. The molecule has 1 amide bonds. The van der Waals surface area contributed by atoms with Crippen molar-refractivity contribution in [2.75, 3.05) is 18.5 Å². The Labute approximate surface area is 113 Å². The van der Waals surface area contributed by atoms with Crippen LogP contribution < -0.4 is 15.4 Å². The highest BCUT2D eigenvalue weighted by atomic mass is 16.5. The number of benzene rings is 1. The lowest BCUT2D eigenvalue weighted by molar-refractivity contribution is -0.117. The van der Waals surface area contributed by atoms with Crippen molar-refractivity contribution >= 4 is 11.6 Å². The van der Waals surface area contributed by atoms with Crippen LogP contribution in [0, 0.1) is 0 Å². The number of fused-ring (bicyclic) bond motifs is 1. The van der Waals surface area contributed by atoms with Crippen molar-refractivity contribution < 1.29 is 9.53 Å². The predicted molar refractivity (Wildman–Crippen MR) is 74.6 cm³/mol. The van der Waals surface area contributed by atoms with Crippen LogP contribution in [0.1, 0.15) is 37.7 Å². The minimum Gasteiger partial charge on any atom is -0.494 e. The molecule has 0 radical (unpaired) electrons. The van der Waals surface area contributed by atoms with Crippen LogP contribution >= 0.6 is 0 Å². The molecule has 2 aliphatic rings. The number of carbonyl (C=O) groups excluding carboxylic acids is 1. The molecule has 2 aliphatic heterocycles. The lowest BCUT2D eigenvalue weighted by atomic mass is 9.92. The first-order valence-corrected chi connectivity index (χ1v) is 7.09. The van der Waals surface area contributed by atoms with Gasteiger partial charge in [0, 0.05) is 11.7 Å². The molecule has 0 spiro atoms. The van der Waals surface area contributed by atoms with Gasteiger partial charge in [-0.25, -0.2) is 0 Å². The molecular weight excluding hydrogens is 240 g/mol. The molecule has 0 aliphatic carbocycles. The van der Waals surface area contributed by atoms with Crippen molar-refractivity contribution in [1.82, 2.24) is 5.32 Å². The summed E-state index contributed by atoms with van der Waals surface area (Å²) in [5.74, 6) is 0.936. The van der Waals surface area contributed by atoms with Gasteiger partial charge in [0.1, 0.15) is 5.75 Å². The first-order valence-electron chi connectivity index (χ1n) is 7.09. The Kier molecular flexibility index (Phi) is 3.42. The van der Waals surface area contributed by atoms with E-state index in [0.717, 1.165) is 30.0 Å². The summed E-state index contributed by atoms with van der Waals surface area (Å²) < 4.78 is 5.53. The fraction of sp³-hybridized carbons (Fsp3) is 0.533. The molecule has 1 aromatic carbocycles. The predicted octanol–water partition coefficient (Wildman–Crippen LogP) is 2.26. The Bertz CT molecular complexity index is 481. The Balaban J connectivity index is 1.82. The maximum absolute atomic E-state index is 12.1. The average Bonchev–Trinajstić information content (AvgIpc) is 3.00. The fourth-order valence-corrected chi connectivity index (χ4v) is 3.04. The fourth-order valence-electron chi connectivity index (χ4n) is 3.04. The topological polar surface area (TPSA) is 50.4 Å². The largest absolute Gasteiger partial charge is 0.494 e. The van der Waals surface area contributed by atoms with Crippen molar-refractivity contribution in [3.63, 3.8) is 0 Å². The Morgan fingerprint density at radius 1 is 1.42 bits per heavy atom. The summed E-state index contributed by atoms with van der Waals surface area (Å²) in [4.78, 5) is 12.1. The van der Waals surface area contributed by atoms with Crippen LogP contribution in [-0.4, -0.2) is 25.1 Å². The number of hydrogen-bond donors (Lipinski definition) is 2. The van der Waals surface area contributed by atoms with Crippen LogP contribution in [0.5, 0.6) is 5.75 Å². The first kappa shape index (κ1) is 12.5. The zero-order valence-electron chi connectivity index (χ0n) is 11.2. The molecule has 4 heteroatoms. The van der Waals surface area contributed by atoms with Gasteiger partial charge in [-0.15, -0.1) is 0 Å². The molecule has 1 saturated heterocycles. The zero-order valence-corrected chi connectivity index (χ0v) is 11.2. The zero-order chi connectivity index (χ0) is 13.2. The maximum atomic E-state index is 12.1. The van der Waals surface area contributed by atoms with Crippen molar-refractivity contribution in [2.45, 2.75) is 38.1 Å². The van der Waals surface area contributed by atoms with E-state index in [1.54, 1.807) is 0 Å². The third-order valence-electron chi connectivity index (χ3n) is 3.97. The lowest BCUT2D eigenvalue weighted by Gasteiger charge is -2.15. The van der Waals surface area contributed by atoms with Crippen LogP contribution in [0.15, 0.2) is 18.2 Å². The molecule has 1 fully saturated rings. The van der Waals surface area contributed by atoms with E-state index in [4.69, 9.17) is 4.74 Å². The Hall–Kier alpha value is -1.55. The molecule has 19 heavy (non-hydrogen) atoms. The second-order valence-corrected chi connectivity index (χ2v) is 5.25. The van der Waals surface area contributed by atoms with Crippen LogP contribution in [-0.2, 0) is 4.79 Å². The minimum absolute atomic E-state index is 0.0361. The standard InChI is InChI=1S/C15H20N2O2/c1-2-19-11-5-6-14-12(9-11)13(15(18)17-14)8-10-4-3-7-16-10/h5-6,9-10,13,16H,2-4,7-8H2,1H3,(H,17,18). The van der Waals surface area contributed by atoms with Crippen LogP contribution in [0.4, 0.5) is 5.69 Å². The molecule has 3 rings (SSSR count). The maximum Gasteiger partial charge on any atom is 0.232 e. The monoisotopic (exact) mass is 260 g/mol. The average molecular weight is 260 g/mol. The number of amides is 1. The van der Waals surface area contributed by atoms with Gasteiger partial charge in [0.2, 0.25) is 5.91 Å². The van der Waals surface area contributed by atoms with Crippen molar-refractivity contribution in [3.05, 3.63) is 23.8 Å². The molecule has 2 heterocycles. The summed E-state index contributed by atoms with van der Waals surface area (Å²) in [6.07, 6.45) is 3.27. The smallest absolute Gasteiger partial charge is 0.232 e. The van der Waals surface area contributed by atoms with Crippen molar-refractivity contribution in [3.8, 4) is 5.75 Å². The van der Waals surface area contributed by atoms with Crippen molar-refractivity contribution in [1.29, 1.82) is 0 Å². The molecule has 102 valence electrons. The molecular formula is C15H20N2O2. The van der Waals surface area contributed by atoms with Crippen LogP contribution in [0.2, 0.25) is 0 Å². The third-order valence-corrected chi connectivity index (χ3v) is 3.97. The number of nitrogens with one attached hydrogen (secondary N) is 2. The number of carbonyl (C=O) groups is 1. The van der Waals surface area contributed by atoms with E-state index in [1.165, 1.54) is 12.8 Å². The molecule has 2 unspecified atom stereocenters. The second-order valence-electron chi connectivity index (χ2n) is 5.25. The lowest BCUT2D eigenvalue weighted by Crippen LogP contribution is -2.26. The van der Waals surface area contributed by atoms with Gasteiger partial charge < -0.3 is 15.4 Å². The summed E-state index contributed by atoms with van der Waals surface area (Å²) in [6, 6.07) is 6.34. The van der Waals surface area contributed by atoms with Crippen LogP contribution in [0.3, 0.4) is 0 Å². The summed E-state index contributed by atoms with van der Waals surface area (Å²) in [6.45, 7) is 3.69. The second kappa shape index (κ2) is 5.21. The quantitative estimate of drug-likeness (QED) is 0.873. The molecule has 1 aromatic rings. The number of hydrogen-bond acceptors (Lipinski definition) is 3. The molecule has 4 nitrogen and oxygen atoms in total. The summed E-state index contributed by atoms with van der Waals surface area (Å²) >= 11 is 0. The van der Waals surface area contributed by atoms with E-state index in [-0.39, 0.29) is 11.8 Å². The Morgan fingerprint density at radius 3 is 3.05 bits per heavy atom. The van der Waals surface area contributed by atoms with Crippen molar-refractivity contribution in [2.24, 2.45) is 0 Å². The highest BCUT2D eigenvalue weighted by Crippen LogP contribution is 2.38. The van der Waals surface area contributed by atoms with E-state index < -0.39 is 0 Å². The highest BCUT2D eigenvalue weighted by Gasteiger charge is 2.33. The van der Waals surface area contributed by atoms with Gasteiger partial charge in [0.15, 0.2) is 0 Å². The van der Waals surface area contributed by atoms with Gasteiger partial charge in [-0.1, -0.05) is 0 Å². The summed E-state index contributed by atoms with van der Waals surface area (Å²) in [5.41, 5.74) is 2.03. The molecule has 0 aromatic heterocycles. The molecule has 0 bridgehead atoms. The van der Waals surface area contributed by atoms with Gasteiger partial charge >= 0.3 is 0 Å². The molecule has 2 atom stereocenters. The third kappa shape index (κ3) is 2.45. The number of anilines is 1. The molecule has 2 N–H and O–H groups in total. The first-order chi connectivity index (χ1) is 9.28. The van der Waals surface area contributed by atoms with Crippen LogP contribution in [0.25, 0.3) is 0 Å². The van der Waals surface area contributed by atoms with Gasteiger partial charge in [-0.3, -0.25) is 4.79 Å². The Morgan fingerprint density at radius 2 is 2.32 bits per heavy atom. The number of rotatable bonds is 4. The summed E-state index contributed by atoms with van der Waals surface area (Å²) in [5, 5.41) is 6.43. The normalized spacial score (nSPS) is 25.2. The van der Waals surface area contributed by atoms with Gasteiger partial charge in [-0.2, -0.15) is 0 Å². The SMILES string of the molecule is CCOc1ccc2c(c1)C(CC1CCCN1)C(=O)N2.